The summed E-state index contributed by atoms with van der Waals surface area (Å²) in [6, 6.07) is 10.1. The number of hydrogen-bond donors (Lipinski definition) is 0. The van der Waals surface area contributed by atoms with Crippen LogP contribution in [0, 0.1) is 5.82 Å². The molecule has 0 saturated heterocycles. The summed E-state index contributed by atoms with van der Waals surface area (Å²) < 4.78 is 41.4. The SMILES string of the molecule is CCOC(=O)C(Cc1ccc(OCc2csc(-c3cc(OC)cc(OC)c3)n2)c(F)c1)OCC.[I-].[K+]. The van der Waals surface area contributed by atoms with Crippen molar-refractivity contribution in [2.24, 2.45) is 0 Å². The molecule has 3 aromatic rings. The van der Waals surface area contributed by atoms with E-state index in [0.717, 1.165) is 10.6 Å². The van der Waals surface area contributed by atoms with Crippen LogP contribution >= 0.6 is 11.3 Å². The first-order valence-corrected chi connectivity index (χ1v) is 11.7. The monoisotopic (exact) mass is 655 g/mol. The van der Waals surface area contributed by atoms with E-state index in [9.17, 15) is 9.18 Å². The predicted molar refractivity (Wildman–Crippen MR) is 127 cm³/mol. The molecule has 0 aliphatic carbocycles. The summed E-state index contributed by atoms with van der Waals surface area (Å²) >= 11 is 1.45. The van der Waals surface area contributed by atoms with Crippen LogP contribution in [-0.4, -0.2) is 44.5 Å². The van der Waals surface area contributed by atoms with Gasteiger partial charge in [-0.3, -0.25) is 0 Å². The van der Waals surface area contributed by atoms with Crippen molar-refractivity contribution >= 4 is 17.3 Å². The Morgan fingerprint density at radius 2 is 1.75 bits per heavy atom. The van der Waals surface area contributed by atoms with Crippen molar-refractivity contribution in [3.8, 4) is 27.8 Å². The molecule has 0 saturated carbocycles. The van der Waals surface area contributed by atoms with Crippen molar-refractivity contribution in [1.29, 1.82) is 0 Å². The van der Waals surface area contributed by atoms with Crippen molar-refractivity contribution in [1.82, 2.24) is 4.98 Å². The molecule has 0 aliphatic rings. The van der Waals surface area contributed by atoms with Gasteiger partial charge in [-0.2, -0.15) is 0 Å². The number of ether oxygens (including phenoxy) is 5. The zero-order chi connectivity index (χ0) is 24.5. The number of rotatable bonds is 12. The quantitative estimate of drug-likeness (QED) is 0.142. The van der Waals surface area contributed by atoms with E-state index in [2.05, 4.69) is 4.98 Å². The Hall–Kier alpha value is -0.804. The standard InChI is InChI=1S/C25H28FNO6S.HI.K/c1-5-31-23(25(28)32-6-2)10-16-7-8-22(21(26)9-16)33-14-18-15-34-24(27-18)17-11-19(29-3)13-20(12-17)30-4;;/h7-9,11-13,15,23H,5-6,10,14H2,1-4H3;1H;/q;;+1/p-1. The molecule has 0 radical (unpaired) electrons. The minimum absolute atomic E-state index is 0. The van der Waals surface area contributed by atoms with Gasteiger partial charge in [-0.25, -0.2) is 14.2 Å². The Morgan fingerprint density at radius 3 is 2.33 bits per heavy atom. The number of esters is 1. The van der Waals surface area contributed by atoms with Crippen LogP contribution in [0.4, 0.5) is 4.39 Å². The summed E-state index contributed by atoms with van der Waals surface area (Å²) in [5.41, 5.74) is 2.14. The first kappa shape index (κ1) is 33.2. The molecule has 11 heteroatoms. The maximum Gasteiger partial charge on any atom is 1.00 e. The van der Waals surface area contributed by atoms with Gasteiger partial charge in [-0.05, 0) is 43.7 Å². The number of hydrogen-bond acceptors (Lipinski definition) is 8. The number of methoxy groups -OCH3 is 2. The summed E-state index contributed by atoms with van der Waals surface area (Å²) in [5, 5.41) is 2.63. The van der Waals surface area contributed by atoms with Crippen molar-refractivity contribution < 1.29 is 108 Å². The third-order valence-electron chi connectivity index (χ3n) is 4.86. The molecule has 0 amide bonds. The van der Waals surface area contributed by atoms with Gasteiger partial charge in [0.15, 0.2) is 17.7 Å². The van der Waals surface area contributed by atoms with Crippen LogP contribution < -0.4 is 89.6 Å². The number of carbonyl (C=O) groups is 1. The van der Waals surface area contributed by atoms with Crippen LogP contribution in [0.5, 0.6) is 17.2 Å². The van der Waals surface area contributed by atoms with Crippen molar-refractivity contribution in [2.45, 2.75) is 33.0 Å². The molecular formula is C25H28FIKNO6S. The molecule has 0 aliphatic heterocycles. The van der Waals surface area contributed by atoms with Crippen LogP contribution in [0.15, 0.2) is 41.8 Å². The number of carbonyl (C=O) groups excluding carboxylic acids is 1. The number of benzene rings is 2. The second-order valence-corrected chi connectivity index (χ2v) is 8.06. The topological polar surface area (TPSA) is 76.1 Å². The van der Waals surface area contributed by atoms with Gasteiger partial charge in [0.25, 0.3) is 0 Å². The number of nitrogens with zero attached hydrogens (tertiary/aromatic N) is 1. The molecule has 0 fully saturated rings. The van der Waals surface area contributed by atoms with Gasteiger partial charge in [-0.15, -0.1) is 11.3 Å². The molecule has 1 heterocycles. The fraction of sp³-hybridized carbons (Fsp3) is 0.360. The molecule has 0 spiro atoms. The zero-order valence-electron chi connectivity index (χ0n) is 21.0. The van der Waals surface area contributed by atoms with Gasteiger partial charge in [0.2, 0.25) is 0 Å². The smallest absolute Gasteiger partial charge is 1.00 e. The summed E-state index contributed by atoms with van der Waals surface area (Å²) in [7, 11) is 3.18. The second kappa shape index (κ2) is 16.9. The summed E-state index contributed by atoms with van der Waals surface area (Å²) in [6.45, 7) is 4.24. The van der Waals surface area contributed by atoms with E-state index in [0.29, 0.717) is 29.4 Å². The Balaban J connectivity index is 0.00000324. The number of halogens is 2. The van der Waals surface area contributed by atoms with Crippen LogP contribution in [0.3, 0.4) is 0 Å². The third-order valence-corrected chi connectivity index (χ3v) is 5.80. The van der Waals surface area contributed by atoms with Gasteiger partial charge in [-0.1, -0.05) is 6.07 Å². The molecule has 1 atom stereocenters. The zero-order valence-corrected chi connectivity index (χ0v) is 27.1. The van der Waals surface area contributed by atoms with E-state index in [1.807, 2.05) is 17.5 Å². The second-order valence-electron chi connectivity index (χ2n) is 7.20. The van der Waals surface area contributed by atoms with Gasteiger partial charge in [0.05, 0.1) is 26.5 Å². The number of thiazole rings is 1. The van der Waals surface area contributed by atoms with Crippen molar-refractivity contribution in [3.63, 3.8) is 0 Å². The molecule has 1 aromatic heterocycles. The predicted octanol–water partition coefficient (Wildman–Crippen LogP) is -0.936. The molecule has 190 valence electrons. The van der Waals surface area contributed by atoms with E-state index in [1.165, 1.54) is 17.4 Å². The molecule has 36 heavy (non-hydrogen) atoms. The molecule has 3 rings (SSSR count). The average Bonchev–Trinajstić information content (AvgIpc) is 3.32. The number of aromatic nitrogens is 1. The average molecular weight is 656 g/mol. The largest absolute Gasteiger partial charge is 1.00 e. The van der Waals surface area contributed by atoms with Gasteiger partial charge >= 0.3 is 57.4 Å². The fourth-order valence-corrected chi connectivity index (χ4v) is 4.03. The van der Waals surface area contributed by atoms with Gasteiger partial charge in [0.1, 0.15) is 23.1 Å². The normalized spacial score (nSPS) is 11.0. The third kappa shape index (κ3) is 9.50. The minimum Gasteiger partial charge on any atom is -1.00 e. The van der Waals surface area contributed by atoms with Crippen LogP contribution in [0.25, 0.3) is 10.6 Å². The van der Waals surface area contributed by atoms with Crippen LogP contribution in [0.2, 0.25) is 0 Å². The first-order valence-electron chi connectivity index (χ1n) is 10.8. The van der Waals surface area contributed by atoms with E-state index in [-0.39, 0.29) is 101 Å². The molecule has 7 nitrogen and oxygen atoms in total. The molecule has 0 bridgehead atoms. The first-order chi connectivity index (χ1) is 16.5. The Labute approximate surface area is 274 Å². The maximum atomic E-state index is 14.6. The van der Waals surface area contributed by atoms with E-state index in [4.69, 9.17) is 23.7 Å². The summed E-state index contributed by atoms with van der Waals surface area (Å²) in [4.78, 5) is 16.6. The summed E-state index contributed by atoms with van der Waals surface area (Å²) in [5.74, 6) is 0.450. The van der Waals surface area contributed by atoms with E-state index < -0.39 is 17.9 Å². The van der Waals surface area contributed by atoms with E-state index in [1.54, 1.807) is 46.3 Å². The Bertz CT molecular complexity index is 1090. The van der Waals surface area contributed by atoms with E-state index >= 15 is 0 Å². The molecule has 0 N–H and O–H groups in total. The van der Waals surface area contributed by atoms with Crippen LogP contribution in [0.1, 0.15) is 25.1 Å². The minimum atomic E-state index is -0.778. The molecule has 1 unspecified atom stereocenters. The maximum absolute atomic E-state index is 14.6. The fourth-order valence-electron chi connectivity index (χ4n) is 3.24. The molecular weight excluding hydrogens is 627 g/mol. The van der Waals surface area contributed by atoms with Gasteiger partial charge in [0, 0.05) is 30.0 Å². The van der Waals surface area contributed by atoms with Crippen molar-refractivity contribution in [2.75, 3.05) is 27.4 Å². The van der Waals surface area contributed by atoms with Gasteiger partial charge < -0.3 is 47.7 Å². The molecule has 2 aromatic carbocycles. The summed E-state index contributed by atoms with van der Waals surface area (Å²) in [6.07, 6.45) is -0.566. The van der Waals surface area contributed by atoms with Crippen molar-refractivity contribution in [3.05, 3.63) is 58.9 Å². The Kier molecular flexibility index (Phi) is 15.6. The Morgan fingerprint density at radius 1 is 1.06 bits per heavy atom. The van der Waals surface area contributed by atoms with Crippen LogP contribution in [-0.2, 0) is 27.3 Å².